The minimum atomic E-state index is -1.23. The molecule has 0 aliphatic carbocycles. The van der Waals surface area contributed by atoms with Crippen LogP contribution in [0.25, 0.3) is 0 Å². The molecule has 14 bridgehead atoms. The van der Waals surface area contributed by atoms with Crippen molar-refractivity contribution in [3.8, 4) is 0 Å². The molecule has 0 aromatic carbocycles. The minimum Gasteiger partial charge on any atom is -0.382 e. The van der Waals surface area contributed by atoms with E-state index in [0.717, 1.165) is 25.7 Å². The van der Waals surface area contributed by atoms with Gasteiger partial charge in [0.05, 0.1) is 46.2 Å². The average Bonchev–Trinajstić information content (AvgIpc) is 0.800. The zero-order valence-corrected chi connectivity index (χ0v) is 65.0. The van der Waals surface area contributed by atoms with Crippen LogP contribution in [0.4, 0.5) is 0 Å². The number of hydrogen-bond donors (Lipinski definition) is 0. The molecule has 15 saturated heterocycles. The fraction of sp³-hybridized carbons (Fsp3) is 0.971. The van der Waals surface area contributed by atoms with Gasteiger partial charge < -0.3 is 166 Å². The molecule has 0 amide bonds. The first kappa shape index (κ1) is 88.9. The lowest BCUT2D eigenvalue weighted by atomic mass is 9.94. The molecule has 0 aromatic rings. The van der Waals surface area contributed by atoms with E-state index in [1.807, 2.05) is 6.08 Å². The summed E-state index contributed by atoms with van der Waals surface area (Å²) < 4.78 is 229. The Morgan fingerprint density at radius 3 is 0.552 bits per heavy atom. The molecule has 35 nitrogen and oxygen atoms in total. The maximum atomic E-state index is 7.24. The fourth-order valence-corrected chi connectivity index (χ4v) is 15.7. The predicted octanol–water partition coefficient (Wildman–Crippen LogP) is 1.01. The van der Waals surface area contributed by atoms with E-state index >= 15 is 0 Å². The van der Waals surface area contributed by atoms with E-state index in [4.69, 9.17) is 166 Å². The van der Waals surface area contributed by atoms with Gasteiger partial charge in [0.25, 0.3) is 0 Å². The van der Waals surface area contributed by atoms with E-state index in [2.05, 4.69) is 6.58 Å². The largest absolute Gasteiger partial charge is 0.382 e. The highest BCUT2D eigenvalue weighted by Gasteiger charge is 2.62. The molecule has 0 N–H and O–H groups in total. The van der Waals surface area contributed by atoms with Gasteiger partial charge in [0, 0.05) is 149 Å². The molecule has 15 rings (SSSR count). The van der Waals surface area contributed by atoms with Crippen molar-refractivity contribution in [2.75, 3.05) is 195 Å². The minimum absolute atomic E-state index is 0.0385. The second-order valence-corrected chi connectivity index (χ2v) is 26.6. The van der Waals surface area contributed by atoms with Gasteiger partial charge in [0.15, 0.2) is 44.0 Å². The van der Waals surface area contributed by atoms with Gasteiger partial charge in [-0.15, -0.1) is 6.58 Å². The van der Waals surface area contributed by atoms with E-state index in [1.54, 1.807) is 21.3 Å². The van der Waals surface area contributed by atoms with E-state index < -0.39 is 215 Å². The van der Waals surface area contributed by atoms with Crippen molar-refractivity contribution >= 4 is 0 Å². The number of methoxy groups -OCH3 is 20. The zero-order chi connectivity index (χ0) is 75.9. The molecule has 35 heteroatoms. The zero-order valence-electron chi connectivity index (χ0n) is 65.0. The van der Waals surface area contributed by atoms with Crippen LogP contribution in [0.3, 0.4) is 0 Å². The number of hydrogen-bond acceptors (Lipinski definition) is 35. The molecule has 15 heterocycles. The van der Waals surface area contributed by atoms with Gasteiger partial charge in [0.2, 0.25) is 0 Å². The molecular formula is C70H124O35. The molecule has 614 valence electrons. The Labute approximate surface area is 618 Å². The Morgan fingerprint density at radius 2 is 0.381 bits per heavy atom. The summed E-state index contributed by atoms with van der Waals surface area (Å²) in [7, 11) is 30.5. The molecule has 0 saturated carbocycles. The van der Waals surface area contributed by atoms with Gasteiger partial charge in [-0.05, 0) is 19.3 Å². The maximum absolute atomic E-state index is 7.24. The second kappa shape index (κ2) is 45.3. The lowest BCUT2D eigenvalue weighted by Crippen LogP contribution is -2.69. The first-order valence-corrected chi connectivity index (χ1v) is 35.9. The summed E-state index contributed by atoms with van der Waals surface area (Å²) >= 11 is 0. The van der Waals surface area contributed by atoms with E-state index in [9.17, 15) is 0 Å². The first-order chi connectivity index (χ1) is 51.2. The Kier molecular flexibility index (Phi) is 38.3. The first-order valence-electron chi connectivity index (χ1n) is 35.9. The molecule has 15 aliphatic heterocycles. The predicted molar refractivity (Wildman–Crippen MR) is 361 cm³/mol. The van der Waals surface area contributed by atoms with Gasteiger partial charge in [0.1, 0.15) is 171 Å². The summed E-state index contributed by atoms with van der Waals surface area (Å²) in [5.41, 5.74) is 0. The van der Waals surface area contributed by atoms with E-state index in [0.29, 0.717) is 6.42 Å². The van der Waals surface area contributed by atoms with Crippen LogP contribution in [0.2, 0.25) is 0 Å². The third kappa shape index (κ3) is 20.8. The topological polar surface area (TPSA) is 323 Å². The third-order valence-corrected chi connectivity index (χ3v) is 20.6. The quantitative estimate of drug-likeness (QED) is 0.0631. The normalized spacial score (nSPS) is 43.8. The molecule has 15 fully saturated rings. The number of unbranched alkanes of at least 4 members (excludes halogenated alkanes) is 4. The van der Waals surface area contributed by atoms with Gasteiger partial charge in [-0.3, -0.25) is 0 Å². The van der Waals surface area contributed by atoms with Crippen molar-refractivity contribution in [2.24, 2.45) is 0 Å². The molecule has 0 aromatic heterocycles. The number of ether oxygens (including phenoxy) is 35. The van der Waals surface area contributed by atoms with Crippen LogP contribution in [-0.4, -0.2) is 410 Å². The second-order valence-electron chi connectivity index (χ2n) is 26.6. The summed E-state index contributed by atoms with van der Waals surface area (Å²) in [6, 6.07) is 0. The molecule has 0 radical (unpaired) electrons. The number of allylic oxidation sites excluding steroid dienone is 1. The lowest BCUT2D eigenvalue weighted by molar-refractivity contribution is -0.403. The van der Waals surface area contributed by atoms with Crippen LogP contribution in [-0.2, 0) is 166 Å². The summed E-state index contributed by atoms with van der Waals surface area (Å²) in [5.74, 6) is 0. The Bertz CT molecular complexity index is 2360. The molecule has 105 heavy (non-hydrogen) atoms. The van der Waals surface area contributed by atoms with Crippen LogP contribution in [0.5, 0.6) is 0 Å². The van der Waals surface area contributed by atoms with Crippen LogP contribution < -0.4 is 0 Å². The highest BCUT2D eigenvalue weighted by molar-refractivity contribution is 5.04. The van der Waals surface area contributed by atoms with E-state index in [-0.39, 0.29) is 52.9 Å². The van der Waals surface area contributed by atoms with E-state index in [1.165, 1.54) is 121 Å². The highest BCUT2D eigenvalue weighted by Crippen LogP contribution is 2.43. The van der Waals surface area contributed by atoms with Crippen molar-refractivity contribution in [1.82, 2.24) is 0 Å². The molecule has 0 unspecified atom stereocenters. The van der Waals surface area contributed by atoms with Gasteiger partial charge in [-0.1, -0.05) is 18.9 Å². The summed E-state index contributed by atoms with van der Waals surface area (Å²) in [6.45, 7) is 3.89. The standard InChI is InChI=1S/C70H124O35/c1-22-23-24-25-26-27-28-91-63-56(84-15)49-42(35-77-8)98-70(63)105-48-41(34-76-7)97-68(62(90-21)55(48)83-14)103-46-39(32-74-5)95-66(60(88-19)53(46)81-12)101-44-37(30-72-3)93-64(58(86-17)51(44)79-10)99-43-36(29-71-2)92-65(57(85-16)50(43)78-9)100-45-38(31-73-4)94-67(59(87-18)52(45)80-11)102-47-40(33-75-6)96-69(104-49)61(89-20)54(47)82-13/h22,36-70H,1,23-35H2,2-21H3/t36-,37+,38-,39+,40-,41+,42-,43+,44+,45+,46+,47+,48+,49+,50-,51-,52-,53+,54-,55+,56-,57+,58+,59+,60-,61+,62-,63+,64+,65+,66+,67+,68+,69+,70+/m0/s1. The molecule has 35 atom stereocenters. The maximum Gasteiger partial charge on any atom is 0.187 e. The smallest absolute Gasteiger partial charge is 0.187 e. The fourth-order valence-electron chi connectivity index (χ4n) is 15.7. The third-order valence-electron chi connectivity index (χ3n) is 20.6. The Balaban J connectivity index is 1.25. The van der Waals surface area contributed by atoms with Crippen LogP contribution in [0, 0.1) is 0 Å². The van der Waals surface area contributed by atoms with Crippen LogP contribution in [0.1, 0.15) is 32.1 Å². The van der Waals surface area contributed by atoms with Crippen molar-refractivity contribution in [1.29, 1.82) is 0 Å². The molecule has 0 spiro atoms. The van der Waals surface area contributed by atoms with Crippen molar-refractivity contribution in [3.05, 3.63) is 12.7 Å². The summed E-state index contributed by atoms with van der Waals surface area (Å²) in [5, 5.41) is 0. The van der Waals surface area contributed by atoms with Crippen molar-refractivity contribution < 1.29 is 166 Å². The Hall–Kier alpha value is -1.66. The average molecular weight is 1530 g/mol. The number of fused-ring (bicyclic) bond motifs is 7. The summed E-state index contributed by atoms with van der Waals surface area (Å²) in [4.78, 5) is 0. The lowest BCUT2D eigenvalue weighted by Gasteiger charge is -2.52. The Morgan fingerprint density at radius 1 is 0.210 bits per heavy atom. The monoisotopic (exact) mass is 1520 g/mol. The van der Waals surface area contributed by atoms with Crippen molar-refractivity contribution in [3.63, 3.8) is 0 Å². The van der Waals surface area contributed by atoms with Crippen LogP contribution >= 0.6 is 0 Å². The van der Waals surface area contributed by atoms with Gasteiger partial charge in [-0.25, -0.2) is 0 Å². The highest BCUT2D eigenvalue weighted by atomic mass is 16.8. The molecular weight excluding hydrogens is 1400 g/mol. The van der Waals surface area contributed by atoms with Crippen molar-refractivity contribution in [2.45, 2.75) is 247 Å². The van der Waals surface area contributed by atoms with Gasteiger partial charge >= 0.3 is 0 Å². The SMILES string of the molecule is C=CCCCCCCO[C@H]1[C@H]2O[C@H]3[C@@H](OC)[C@H](OC)[C@@H](O[C@H]4[C@@H](OC)[C@H](OC)[C@@H](O[C@H]5[C@H](OC)[C@@H](OC)[C@@H](O[C@H]6[C@H](OC)[C@@H](OC)[C@@H](O[C@H]7[C@H](OC)[C@@H](OC)[C@@H](O[C@H]8[C@H](OC)[C@@H](OC)[C@@H](O[C@@H]([C@@H]1OC)[C@H](COC)O2)O[C@H]8COC)O[C@H]7COC)O[C@H]6COC)O[C@@H]5COC)O[C@@H]4COC)O[C@@H]3COC. The number of rotatable bonds is 35. The summed E-state index contributed by atoms with van der Waals surface area (Å²) in [6.07, 6.45) is -29.9. The van der Waals surface area contributed by atoms with Crippen LogP contribution in [0.15, 0.2) is 12.7 Å². The molecule has 15 aliphatic rings. The van der Waals surface area contributed by atoms with Gasteiger partial charge in [-0.2, -0.15) is 0 Å².